The van der Waals surface area contributed by atoms with Crippen LogP contribution in [0.3, 0.4) is 0 Å². The first-order chi connectivity index (χ1) is 13.6. The molecule has 0 aliphatic carbocycles. The highest BCUT2D eigenvalue weighted by molar-refractivity contribution is 5.72. The minimum atomic E-state index is -0.706. The fraction of sp³-hybridized carbons (Fsp3) is 0.158. The largest absolute Gasteiger partial charge is 0.414 e. The number of hydrogen-bond donors (Lipinski definition) is 4. The molecule has 0 saturated carbocycles. The Kier molecular flexibility index (Phi) is 5.84. The van der Waals surface area contributed by atoms with Crippen molar-refractivity contribution in [2.45, 2.75) is 13.0 Å². The van der Waals surface area contributed by atoms with E-state index in [0.717, 1.165) is 11.1 Å². The van der Waals surface area contributed by atoms with E-state index < -0.39 is 12.1 Å². The normalized spacial score (nSPS) is 11.3. The summed E-state index contributed by atoms with van der Waals surface area (Å²) in [6.07, 6.45) is 4.29. The van der Waals surface area contributed by atoms with Crippen LogP contribution in [-0.4, -0.2) is 32.8 Å². The Bertz CT molecular complexity index is 996. The van der Waals surface area contributed by atoms with Crippen molar-refractivity contribution in [3.05, 3.63) is 59.9 Å². The van der Waals surface area contributed by atoms with Crippen LogP contribution in [0.15, 0.2) is 48.8 Å². The van der Waals surface area contributed by atoms with Gasteiger partial charge in [0.15, 0.2) is 6.19 Å². The summed E-state index contributed by atoms with van der Waals surface area (Å²) in [6, 6.07) is 10.1. The van der Waals surface area contributed by atoms with Crippen LogP contribution in [0.4, 0.5) is 10.7 Å². The molecule has 2 aromatic heterocycles. The summed E-state index contributed by atoms with van der Waals surface area (Å²) >= 11 is 0. The number of carbonyl (C=O) groups excluding carboxylic acids is 1. The second kappa shape index (κ2) is 8.66. The molecule has 2 heterocycles. The number of H-pyrrole nitrogens is 1. The lowest BCUT2D eigenvalue weighted by Crippen LogP contribution is -2.33. The third-order valence-corrected chi connectivity index (χ3v) is 3.95. The van der Waals surface area contributed by atoms with Gasteiger partial charge in [0.25, 0.3) is 0 Å². The van der Waals surface area contributed by atoms with E-state index in [1.807, 2.05) is 25.1 Å². The molecule has 9 heteroatoms. The van der Waals surface area contributed by atoms with E-state index in [9.17, 15) is 9.90 Å². The molecule has 1 atom stereocenters. The van der Waals surface area contributed by atoms with Crippen molar-refractivity contribution in [2.24, 2.45) is 0 Å². The molecule has 0 saturated heterocycles. The molecule has 0 spiro atoms. The van der Waals surface area contributed by atoms with Crippen molar-refractivity contribution in [1.29, 1.82) is 5.26 Å². The Morgan fingerprint density at radius 3 is 2.89 bits per heavy atom. The van der Waals surface area contributed by atoms with Gasteiger partial charge in [-0.2, -0.15) is 5.26 Å². The van der Waals surface area contributed by atoms with Gasteiger partial charge in [0.05, 0.1) is 18.3 Å². The van der Waals surface area contributed by atoms with Gasteiger partial charge in [0.2, 0.25) is 11.8 Å². The van der Waals surface area contributed by atoms with Crippen LogP contribution in [0.1, 0.15) is 17.2 Å². The lowest BCUT2D eigenvalue weighted by molar-refractivity contribution is 0.182. The molecule has 28 heavy (non-hydrogen) atoms. The Morgan fingerprint density at radius 2 is 2.18 bits per heavy atom. The Balaban J connectivity index is 1.70. The molecule has 9 nitrogen and oxygen atoms in total. The van der Waals surface area contributed by atoms with Gasteiger partial charge in [-0.3, -0.25) is 5.32 Å². The molecule has 3 rings (SSSR count). The zero-order valence-corrected chi connectivity index (χ0v) is 15.0. The number of aromatic nitrogens is 3. The number of aromatic amines is 1. The molecule has 0 bridgehead atoms. The summed E-state index contributed by atoms with van der Waals surface area (Å²) in [5.74, 6) is 0.392. The third-order valence-electron chi connectivity index (χ3n) is 3.95. The minimum Gasteiger partial charge on any atom is -0.394 e. The van der Waals surface area contributed by atoms with E-state index >= 15 is 0 Å². The maximum Gasteiger partial charge on any atom is 0.414 e. The number of aliphatic hydroxyl groups is 1. The maximum atomic E-state index is 12.2. The molecule has 0 aliphatic heterocycles. The van der Waals surface area contributed by atoms with Crippen molar-refractivity contribution in [3.8, 4) is 23.3 Å². The summed E-state index contributed by atoms with van der Waals surface area (Å²) in [5.41, 5.74) is 2.83. The van der Waals surface area contributed by atoms with Gasteiger partial charge in [-0.1, -0.05) is 30.3 Å². The number of anilines is 1. The first kappa shape index (κ1) is 18.9. The van der Waals surface area contributed by atoms with Crippen LogP contribution in [-0.2, 0) is 0 Å². The van der Waals surface area contributed by atoms with Gasteiger partial charge in [0, 0.05) is 24.0 Å². The van der Waals surface area contributed by atoms with E-state index in [2.05, 4.69) is 25.6 Å². The Labute approximate surface area is 161 Å². The van der Waals surface area contributed by atoms with E-state index in [1.165, 1.54) is 0 Å². The lowest BCUT2D eigenvalue weighted by atomic mass is 10.1. The maximum absolute atomic E-state index is 12.2. The summed E-state index contributed by atoms with van der Waals surface area (Å²) in [4.78, 5) is 23.3. The zero-order chi connectivity index (χ0) is 19.9. The fourth-order valence-corrected chi connectivity index (χ4v) is 2.60. The lowest BCUT2D eigenvalue weighted by Gasteiger charge is -2.15. The van der Waals surface area contributed by atoms with Crippen LogP contribution in [0.5, 0.6) is 5.88 Å². The average Bonchev–Trinajstić information content (AvgIpc) is 3.16. The van der Waals surface area contributed by atoms with Crippen LogP contribution in [0.2, 0.25) is 0 Å². The smallest absolute Gasteiger partial charge is 0.394 e. The molecular weight excluding hydrogens is 360 g/mol. The standard InChI is InChI=1S/C19H18N6O3/c1-12-8-22-18(23-11-20)25-17(12)14-7-16(21-9-14)28-19(27)24-15(10-26)13-5-3-2-4-6-13/h2-9,15,21,26H,10H2,1H3,(H,24,27)(H,22,23,25). The van der Waals surface area contributed by atoms with E-state index in [1.54, 1.807) is 36.8 Å². The van der Waals surface area contributed by atoms with Gasteiger partial charge < -0.3 is 20.1 Å². The quantitative estimate of drug-likeness (QED) is 0.382. The first-order valence-corrected chi connectivity index (χ1v) is 8.42. The van der Waals surface area contributed by atoms with Crippen molar-refractivity contribution < 1.29 is 14.6 Å². The number of nitriles is 1. The number of nitrogens with zero attached hydrogens (tertiary/aromatic N) is 3. The Morgan fingerprint density at radius 1 is 1.39 bits per heavy atom. The minimum absolute atomic E-state index is 0.179. The number of ether oxygens (including phenoxy) is 1. The molecule has 0 radical (unpaired) electrons. The van der Waals surface area contributed by atoms with Gasteiger partial charge in [-0.15, -0.1) is 0 Å². The molecule has 1 aromatic carbocycles. The van der Waals surface area contributed by atoms with Gasteiger partial charge >= 0.3 is 6.09 Å². The highest BCUT2D eigenvalue weighted by Gasteiger charge is 2.16. The van der Waals surface area contributed by atoms with Gasteiger partial charge in [0.1, 0.15) is 0 Å². The van der Waals surface area contributed by atoms with Crippen LogP contribution < -0.4 is 15.4 Å². The predicted molar refractivity (Wildman–Crippen MR) is 101 cm³/mol. The van der Waals surface area contributed by atoms with Gasteiger partial charge in [-0.05, 0) is 18.1 Å². The summed E-state index contributed by atoms with van der Waals surface area (Å²) in [6.45, 7) is 1.57. The first-order valence-electron chi connectivity index (χ1n) is 8.42. The van der Waals surface area contributed by atoms with Crippen LogP contribution >= 0.6 is 0 Å². The van der Waals surface area contributed by atoms with E-state index in [4.69, 9.17) is 10.00 Å². The number of carbonyl (C=O) groups is 1. The van der Waals surface area contributed by atoms with Crippen molar-refractivity contribution in [1.82, 2.24) is 20.3 Å². The molecule has 142 valence electrons. The number of benzene rings is 1. The van der Waals surface area contributed by atoms with Crippen molar-refractivity contribution in [2.75, 3.05) is 11.9 Å². The predicted octanol–water partition coefficient (Wildman–Crippen LogP) is 2.50. The number of nitrogens with one attached hydrogen (secondary N) is 3. The highest BCUT2D eigenvalue weighted by atomic mass is 16.6. The number of amides is 1. The fourth-order valence-electron chi connectivity index (χ4n) is 2.60. The molecular formula is C19H18N6O3. The van der Waals surface area contributed by atoms with E-state index in [-0.39, 0.29) is 18.4 Å². The number of rotatable bonds is 6. The molecule has 0 aliphatic rings. The van der Waals surface area contributed by atoms with Crippen LogP contribution in [0, 0.1) is 18.4 Å². The zero-order valence-electron chi connectivity index (χ0n) is 15.0. The monoisotopic (exact) mass is 378 g/mol. The second-order valence-corrected chi connectivity index (χ2v) is 5.89. The Hall–Kier alpha value is -3.90. The summed E-state index contributed by atoms with van der Waals surface area (Å²) < 4.78 is 5.26. The summed E-state index contributed by atoms with van der Waals surface area (Å²) in [5, 5.41) is 23.2. The number of aryl methyl sites for hydroxylation is 1. The van der Waals surface area contributed by atoms with Crippen molar-refractivity contribution >= 4 is 12.0 Å². The topological polar surface area (TPSA) is 136 Å². The van der Waals surface area contributed by atoms with Gasteiger partial charge in [-0.25, -0.2) is 14.8 Å². The second-order valence-electron chi connectivity index (χ2n) is 5.89. The third kappa shape index (κ3) is 4.44. The molecule has 4 N–H and O–H groups in total. The number of aliphatic hydroxyl groups excluding tert-OH is 1. The average molecular weight is 378 g/mol. The van der Waals surface area contributed by atoms with E-state index in [0.29, 0.717) is 11.3 Å². The SMILES string of the molecule is Cc1cnc(NC#N)nc1-c1c[nH]c(OC(=O)NC(CO)c2ccccc2)c1. The van der Waals surface area contributed by atoms with Crippen LogP contribution in [0.25, 0.3) is 11.3 Å². The molecule has 1 amide bonds. The highest BCUT2D eigenvalue weighted by Crippen LogP contribution is 2.25. The molecule has 1 unspecified atom stereocenters. The summed E-state index contributed by atoms with van der Waals surface area (Å²) in [7, 11) is 0. The molecule has 0 fully saturated rings. The van der Waals surface area contributed by atoms with Crippen molar-refractivity contribution in [3.63, 3.8) is 0 Å². The molecule has 3 aromatic rings. The number of hydrogen-bond acceptors (Lipinski definition) is 7.